The number of rotatable bonds is 2. The number of carbonyl (C=O) groups is 1. The fourth-order valence-electron chi connectivity index (χ4n) is 3.62. The molecule has 0 bridgehead atoms. The molecule has 1 aliphatic heterocycles. The van der Waals surface area contributed by atoms with E-state index in [0.717, 1.165) is 16.6 Å². The first kappa shape index (κ1) is 18.6. The largest absolute Gasteiger partial charge is 0.336 e. The Morgan fingerprint density at radius 3 is 2.89 bits per heavy atom. The van der Waals surface area contributed by atoms with Gasteiger partial charge in [-0.05, 0) is 23.8 Å². The topological polar surface area (TPSA) is 71.3 Å². The number of aromatic nitrogens is 2. The second-order valence-corrected chi connectivity index (χ2v) is 8.13. The molecule has 1 aromatic carbocycles. The van der Waals surface area contributed by atoms with Crippen LogP contribution in [0.3, 0.4) is 0 Å². The number of carbonyl (C=O) groups excluding carboxylic acids is 1. The highest BCUT2D eigenvalue weighted by Gasteiger charge is 2.30. The third kappa shape index (κ3) is 3.38. The van der Waals surface area contributed by atoms with Crippen molar-refractivity contribution in [2.45, 2.75) is 32.2 Å². The molecule has 2 aromatic heterocycles. The zero-order valence-electron chi connectivity index (χ0n) is 16.2. The minimum atomic E-state index is -0.308. The quantitative estimate of drug-likeness (QED) is 0.735. The second-order valence-electron chi connectivity index (χ2n) is 8.13. The molecule has 1 aliphatic rings. The third-order valence-corrected chi connectivity index (χ3v) is 5.02. The summed E-state index contributed by atoms with van der Waals surface area (Å²) < 4.78 is 19.0. The molecular weight excluding hydrogens is 359 g/mol. The van der Waals surface area contributed by atoms with Crippen molar-refractivity contribution in [3.05, 3.63) is 59.2 Å². The summed E-state index contributed by atoms with van der Waals surface area (Å²) in [6, 6.07) is 7.97. The molecule has 6 nitrogen and oxygen atoms in total. The van der Waals surface area contributed by atoms with Crippen LogP contribution in [0.4, 0.5) is 4.39 Å². The molecule has 1 amide bonds. The number of nitrogens with zero attached hydrogens (tertiary/aromatic N) is 3. The molecule has 0 radical (unpaired) electrons. The fourth-order valence-corrected chi connectivity index (χ4v) is 3.62. The fraction of sp³-hybridized carbons (Fsp3) is 0.381. The van der Waals surface area contributed by atoms with Gasteiger partial charge in [-0.25, -0.2) is 9.37 Å². The van der Waals surface area contributed by atoms with E-state index in [9.17, 15) is 9.18 Å². The molecule has 1 saturated heterocycles. The van der Waals surface area contributed by atoms with Gasteiger partial charge in [0.2, 0.25) is 0 Å². The number of pyridine rings is 1. The van der Waals surface area contributed by atoms with Crippen LogP contribution < -0.4 is 5.32 Å². The van der Waals surface area contributed by atoms with Crippen LogP contribution in [0, 0.1) is 5.82 Å². The highest BCUT2D eigenvalue weighted by molar-refractivity contribution is 5.97. The molecule has 1 atom stereocenters. The number of fused-ring (bicyclic) bond motifs is 1. The zero-order chi connectivity index (χ0) is 19.9. The summed E-state index contributed by atoms with van der Waals surface area (Å²) in [7, 11) is 0. The van der Waals surface area contributed by atoms with Gasteiger partial charge in [0.25, 0.3) is 11.6 Å². The van der Waals surface area contributed by atoms with E-state index in [-0.39, 0.29) is 23.2 Å². The van der Waals surface area contributed by atoms with E-state index in [1.807, 2.05) is 26.8 Å². The summed E-state index contributed by atoms with van der Waals surface area (Å²) in [6.07, 6.45) is 1.52. The van der Waals surface area contributed by atoms with E-state index in [1.54, 1.807) is 17.0 Å². The van der Waals surface area contributed by atoms with Crippen molar-refractivity contribution in [3.63, 3.8) is 0 Å². The predicted molar refractivity (Wildman–Crippen MR) is 104 cm³/mol. The molecule has 146 valence electrons. The monoisotopic (exact) mass is 382 g/mol. The third-order valence-electron chi connectivity index (χ3n) is 5.02. The van der Waals surface area contributed by atoms with Crippen LogP contribution in [0.25, 0.3) is 11.1 Å². The number of hydrogen-bond donors (Lipinski definition) is 1. The first-order valence-corrected chi connectivity index (χ1v) is 9.37. The van der Waals surface area contributed by atoms with Gasteiger partial charge in [0.05, 0.1) is 22.7 Å². The summed E-state index contributed by atoms with van der Waals surface area (Å²) in [5, 5.41) is 8.17. The van der Waals surface area contributed by atoms with Gasteiger partial charge in [-0.15, -0.1) is 0 Å². The number of halogens is 1. The van der Waals surface area contributed by atoms with Crippen LogP contribution in [-0.2, 0) is 5.41 Å². The van der Waals surface area contributed by atoms with Crippen molar-refractivity contribution in [3.8, 4) is 0 Å². The number of benzene rings is 1. The van der Waals surface area contributed by atoms with Crippen LogP contribution in [0.15, 0.2) is 41.1 Å². The Bertz CT molecular complexity index is 1020. The molecule has 0 aliphatic carbocycles. The van der Waals surface area contributed by atoms with Gasteiger partial charge in [0, 0.05) is 31.2 Å². The summed E-state index contributed by atoms with van der Waals surface area (Å²) in [4.78, 5) is 19.4. The maximum atomic E-state index is 13.7. The normalized spacial score (nSPS) is 17.9. The Balaban J connectivity index is 1.71. The van der Waals surface area contributed by atoms with Gasteiger partial charge in [-0.2, -0.15) is 0 Å². The number of hydrogen-bond acceptors (Lipinski definition) is 5. The average Bonchev–Trinajstić information content (AvgIpc) is 3.11. The van der Waals surface area contributed by atoms with Gasteiger partial charge < -0.3 is 14.7 Å². The Kier molecular flexibility index (Phi) is 4.63. The van der Waals surface area contributed by atoms with E-state index in [0.29, 0.717) is 30.9 Å². The van der Waals surface area contributed by atoms with Crippen LogP contribution in [0.5, 0.6) is 0 Å². The lowest BCUT2D eigenvalue weighted by Crippen LogP contribution is -2.48. The zero-order valence-corrected chi connectivity index (χ0v) is 16.2. The van der Waals surface area contributed by atoms with Crippen LogP contribution >= 0.6 is 0 Å². The van der Waals surface area contributed by atoms with Crippen molar-refractivity contribution >= 4 is 17.0 Å². The number of amides is 1. The first-order valence-electron chi connectivity index (χ1n) is 9.37. The summed E-state index contributed by atoms with van der Waals surface area (Å²) in [5.74, 6) is -0.441. The highest BCUT2D eigenvalue weighted by Crippen LogP contribution is 2.30. The van der Waals surface area contributed by atoms with E-state index in [2.05, 4.69) is 15.5 Å². The predicted octanol–water partition coefficient (Wildman–Crippen LogP) is 3.45. The lowest BCUT2D eigenvalue weighted by molar-refractivity contribution is 0.0633. The molecular formula is C21H23FN4O2. The molecule has 0 spiro atoms. The summed E-state index contributed by atoms with van der Waals surface area (Å²) in [6.45, 7) is 7.91. The van der Waals surface area contributed by atoms with Gasteiger partial charge in [0.1, 0.15) is 5.82 Å². The first-order chi connectivity index (χ1) is 13.3. The molecule has 1 fully saturated rings. The van der Waals surface area contributed by atoms with E-state index >= 15 is 0 Å². The standard InChI is InChI=1S/C21H23FN4O2/c1-21(2,3)18-16-10-14(11-24-19(16)28-25-18)20(27)26-8-7-23-12-17(26)13-5-4-6-15(22)9-13/h4-6,9-11,17,23H,7-8,12H2,1-3H3. The molecule has 0 saturated carbocycles. The maximum Gasteiger partial charge on any atom is 0.257 e. The van der Waals surface area contributed by atoms with Gasteiger partial charge in [0.15, 0.2) is 0 Å². The van der Waals surface area contributed by atoms with Crippen molar-refractivity contribution in [1.82, 2.24) is 20.4 Å². The minimum Gasteiger partial charge on any atom is -0.336 e. The van der Waals surface area contributed by atoms with Crippen molar-refractivity contribution in [2.24, 2.45) is 0 Å². The lowest BCUT2D eigenvalue weighted by Gasteiger charge is -2.36. The lowest BCUT2D eigenvalue weighted by atomic mass is 9.90. The Hall–Kier alpha value is -2.80. The average molecular weight is 382 g/mol. The van der Waals surface area contributed by atoms with Gasteiger partial charge in [-0.3, -0.25) is 4.79 Å². The van der Waals surface area contributed by atoms with Crippen LogP contribution in [-0.4, -0.2) is 40.6 Å². The second kappa shape index (κ2) is 6.98. The van der Waals surface area contributed by atoms with Gasteiger partial charge >= 0.3 is 0 Å². The number of piperazine rings is 1. The van der Waals surface area contributed by atoms with E-state index in [4.69, 9.17) is 4.52 Å². The number of nitrogens with one attached hydrogen (secondary N) is 1. The molecule has 28 heavy (non-hydrogen) atoms. The van der Waals surface area contributed by atoms with E-state index < -0.39 is 0 Å². The minimum absolute atomic E-state index is 0.133. The van der Waals surface area contributed by atoms with Crippen molar-refractivity contribution < 1.29 is 13.7 Å². The van der Waals surface area contributed by atoms with Crippen LogP contribution in [0.1, 0.15) is 48.4 Å². The maximum absolute atomic E-state index is 13.7. The molecule has 3 heterocycles. The van der Waals surface area contributed by atoms with Crippen molar-refractivity contribution in [1.29, 1.82) is 0 Å². The summed E-state index contributed by atoms with van der Waals surface area (Å²) >= 11 is 0. The smallest absolute Gasteiger partial charge is 0.257 e. The molecule has 1 unspecified atom stereocenters. The summed E-state index contributed by atoms with van der Waals surface area (Å²) in [5.41, 5.74) is 2.21. The Morgan fingerprint density at radius 2 is 2.14 bits per heavy atom. The molecule has 1 N–H and O–H groups in total. The van der Waals surface area contributed by atoms with E-state index in [1.165, 1.54) is 18.3 Å². The van der Waals surface area contributed by atoms with Crippen molar-refractivity contribution in [2.75, 3.05) is 19.6 Å². The Morgan fingerprint density at radius 1 is 1.32 bits per heavy atom. The molecule has 7 heteroatoms. The molecule has 4 rings (SSSR count). The molecule has 3 aromatic rings. The SMILES string of the molecule is CC(C)(C)c1noc2ncc(C(=O)N3CCNCC3c3cccc(F)c3)cc12. The van der Waals surface area contributed by atoms with Gasteiger partial charge in [-0.1, -0.05) is 38.1 Å². The Labute approximate surface area is 162 Å². The van der Waals surface area contributed by atoms with Crippen LogP contribution in [0.2, 0.25) is 0 Å². The highest BCUT2D eigenvalue weighted by atomic mass is 19.1.